The van der Waals surface area contributed by atoms with E-state index in [1.807, 2.05) is 0 Å². The quantitative estimate of drug-likeness (QED) is 0.444. The van der Waals surface area contributed by atoms with E-state index in [-0.39, 0.29) is 83.0 Å². The van der Waals surface area contributed by atoms with Crippen molar-refractivity contribution in [1.82, 2.24) is 12.3 Å². The molecule has 7 heteroatoms. The molecule has 6 N–H and O–H groups in total. The second-order valence-electron chi connectivity index (χ2n) is 0. The fourth-order valence-corrected chi connectivity index (χ4v) is 0. The van der Waals surface area contributed by atoms with Gasteiger partial charge in [0, 0.05) is 0 Å². The Morgan fingerprint density at radius 2 is 0.429 bits per heavy atom. The summed E-state index contributed by atoms with van der Waals surface area (Å²) in [5.74, 6) is 0. The standard InChI is InChI=1S/4ClH.2H3N.Pt/h4*1H;2*1H3;/q;;;;;;+4/p-4. The molecule has 0 bridgehead atoms. The van der Waals surface area contributed by atoms with Crippen LogP contribution in [0.15, 0.2) is 0 Å². The van der Waals surface area contributed by atoms with Crippen molar-refractivity contribution < 1.29 is 70.7 Å². The fraction of sp³-hybridized carbons (Fsp3) is 0. The van der Waals surface area contributed by atoms with Crippen LogP contribution >= 0.6 is 0 Å². The van der Waals surface area contributed by atoms with Crippen LogP contribution in [0.25, 0.3) is 0 Å². The summed E-state index contributed by atoms with van der Waals surface area (Å²) < 4.78 is 0. The molecule has 0 saturated carbocycles. The minimum Gasteiger partial charge on any atom is -1.00 e. The predicted octanol–water partition coefficient (Wildman–Crippen LogP) is -11.7. The molecular formula is H6Cl4N2Pt. The molecule has 0 aliphatic carbocycles. The van der Waals surface area contributed by atoms with Gasteiger partial charge in [0.1, 0.15) is 0 Å². The van der Waals surface area contributed by atoms with Gasteiger partial charge in [0.2, 0.25) is 0 Å². The predicted molar refractivity (Wildman–Crippen MR) is 10.0 cm³/mol. The third kappa shape index (κ3) is 82.7. The number of rotatable bonds is 0. The molecule has 7 heavy (non-hydrogen) atoms. The van der Waals surface area contributed by atoms with Crippen molar-refractivity contribution in [2.24, 2.45) is 0 Å². The summed E-state index contributed by atoms with van der Waals surface area (Å²) in [5, 5.41) is 0. The van der Waals surface area contributed by atoms with E-state index in [0.29, 0.717) is 0 Å². The Kier molecular flexibility index (Phi) is 2750. The van der Waals surface area contributed by atoms with Crippen LogP contribution in [-0.4, -0.2) is 0 Å². The minimum absolute atomic E-state index is 0. The molecule has 0 rings (SSSR count). The van der Waals surface area contributed by atoms with Gasteiger partial charge in [0.15, 0.2) is 0 Å². The van der Waals surface area contributed by atoms with Gasteiger partial charge in [-0.3, -0.25) is 0 Å². The zero-order valence-corrected chi connectivity index (χ0v) is 8.54. The van der Waals surface area contributed by atoms with Crippen LogP contribution in [0.4, 0.5) is 0 Å². The molecule has 0 atom stereocenters. The topological polar surface area (TPSA) is 70.0 Å². The van der Waals surface area contributed by atoms with Crippen molar-refractivity contribution in [3.63, 3.8) is 0 Å². The SMILES string of the molecule is N.N.[Cl-].[Cl-].[Cl-].[Cl-].[Pt+4]. The molecule has 0 fully saturated rings. The van der Waals surface area contributed by atoms with Gasteiger partial charge in [0.05, 0.1) is 0 Å². The van der Waals surface area contributed by atoms with Crippen LogP contribution in [0.2, 0.25) is 0 Å². The van der Waals surface area contributed by atoms with Crippen LogP contribution in [0.5, 0.6) is 0 Å². The van der Waals surface area contributed by atoms with Gasteiger partial charge in [-0.25, -0.2) is 0 Å². The Morgan fingerprint density at radius 1 is 0.429 bits per heavy atom. The largest absolute Gasteiger partial charge is 4.00 e. The number of hydrogen-bond donors (Lipinski definition) is 2. The molecule has 0 spiro atoms. The Labute approximate surface area is 82.6 Å². The molecule has 0 aromatic heterocycles. The molecule has 0 unspecified atom stereocenters. The van der Waals surface area contributed by atoms with E-state index >= 15 is 0 Å². The summed E-state index contributed by atoms with van der Waals surface area (Å²) >= 11 is 0. The Bertz CT molecular complexity index is 9.65. The summed E-state index contributed by atoms with van der Waals surface area (Å²) in [7, 11) is 0. The van der Waals surface area contributed by atoms with Gasteiger partial charge in [-0.15, -0.1) is 0 Å². The first-order valence-corrected chi connectivity index (χ1v) is 0. The molecule has 2 nitrogen and oxygen atoms in total. The van der Waals surface area contributed by atoms with E-state index in [0.717, 1.165) is 0 Å². The zero-order valence-electron chi connectivity index (χ0n) is 3.24. The fourth-order valence-electron chi connectivity index (χ4n) is 0. The molecule has 0 aromatic rings. The van der Waals surface area contributed by atoms with Crippen molar-refractivity contribution in [3.05, 3.63) is 0 Å². The van der Waals surface area contributed by atoms with Gasteiger partial charge in [-0.1, -0.05) is 0 Å². The Balaban J connectivity index is 0. The summed E-state index contributed by atoms with van der Waals surface area (Å²) in [6.45, 7) is 0. The smallest absolute Gasteiger partial charge is 1.00 e. The second kappa shape index (κ2) is 114. The zero-order chi connectivity index (χ0) is 0. The maximum atomic E-state index is 0. The van der Waals surface area contributed by atoms with Crippen LogP contribution in [0, 0.1) is 0 Å². The number of hydrogen-bond acceptors (Lipinski definition) is 2. The maximum absolute atomic E-state index is 0. The molecule has 0 saturated heterocycles. The molecule has 0 aliphatic heterocycles. The summed E-state index contributed by atoms with van der Waals surface area (Å²) in [6, 6.07) is 0. The first kappa shape index (κ1) is 169. The van der Waals surface area contributed by atoms with E-state index in [4.69, 9.17) is 0 Å². The van der Waals surface area contributed by atoms with Gasteiger partial charge in [0.25, 0.3) is 0 Å². The average molecular weight is 371 g/mol. The van der Waals surface area contributed by atoms with E-state index in [2.05, 4.69) is 0 Å². The number of halogens is 4. The molecule has 54 valence electrons. The summed E-state index contributed by atoms with van der Waals surface area (Å²) in [6.07, 6.45) is 0. The van der Waals surface area contributed by atoms with Crippen LogP contribution in [0.3, 0.4) is 0 Å². The second-order valence-corrected chi connectivity index (χ2v) is 0. The Morgan fingerprint density at radius 3 is 0.429 bits per heavy atom. The van der Waals surface area contributed by atoms with E-state index < -0.39 is 0 Å². The molecule has 0 radical (unpaired) electrons. The van der Waals surface area contributed by atoms with E-state index in [1.165, 1.54) is 0 Å². The third-order valence-corrected chi connectivity index (χ3v) is 0. The average Bonchev–Trinajstić information content (AvgIpc) is 0. The third-order valence-electron chi connectivity index (χ3n) is 0. The van der Waals surface area contributed by atoms with Crippen LogP contribution in [0.1, 0.15) is 0 Å². The normalized spacial score (nSPS) is 0. The molecular weight excluding hydrogens is 365 g/mol. The van der Waals surface area contributed by atoms with Crippen LogP contribution < -0.4 is 61.9 Å². The van der Waals surface area contributed by atoms with Gasteiger partial charge >= 0.3 is 21.1 Å². The molecule has 0 aliphatic rings. The van der Waals surface area contributed by atoms with Gasteiger partial charge < -0.3 is 61.9 Å². The van der Waals surface area contributed by atoms with Crippen molar-refractivity contribution in [3.8, 4) is 0 Å². The molecule has 0 aromatic carbocycles. The molecule has 0 heterocycles. The van der Waals surface area contributed by atoms with Gasteiger partial charge in [-0.05, 0) is 0 Å². The van der Waals surface area contributed by atoms with E-state index in [9.17, 15) is 0 Å². The van der Waals surface area contributed by atoms with Crippen LogP contribution in [-0.2, 0) is 21.1 Å². The maximum Gasteiger partial charge on any atom is 4.00 e. The van der Waals surface area contributed by atoms with Crippen molar-refractivity contribution in [2.75, 3.05) is 0 Å². The molecule has 0 amide bonds. The van der Waals surface area contributed by atoms with E-state index in [1.54, 1.807) is 0 Å². The van der Waals surface area contributed by atoms with Crippen molar-refractivity contribution >= 4 is 0 Å². The van der Waals surface area contributed by atoms with Crippen molar-refractivity contribution in [1.29, 1.82) is 0 Å². The Hall–Kier alpha value is 1.77. The summed E-state index contributed by atoms with van der Waals surface area (Å²) in [5.41, 5.74) is 0. The minimum atomic E-state index is 0. The van der Waals surface area contributed by atoms with Gasteiger partial charge in [-0.2, -0.15) is 0 Å². The first-order valence-electron chi connectivity index (χ1n) is 0. The monoisotopic (exact) mass is 369 g/mol. The summed E-state index contributed by atoms with van der Waals surface area (Å²) in [4.78, 5) is 0. The van der Waals surface area contributed by atoms with Crippen molar-refractivity contribution in [2.45, 2.75) is 0 Å². The first-order chi connectivity index (χ1) is 0.